The average molecular weight is 340 g/mol. The highest BCUT2D eigenvalue weighted by Crippen LogP contribution is 2.62. The van der Waals surface area contributed by atoms with Gasteiger partial charge in [-0.1, -0.05) is 29.6 Å². The van der Waals surface area contributed by atoms with Gasteiger partial charge in [-0.2, -0.15) is 0 Å². The molecule has 1 aromatic rings. The lowest BCUT2D eigenvalue weighted by Crippen LogP contribution is -2.40. The van der Waals surface area contributed by atoms with Gasteiger partial charge in [0.15, 0.2) is 0 Å². The van der Waals surface area contributed by atoms with Gasteiger partial charge in [0.25, 0.3) is 0 Å². The van der Waals surface area contributed by atoms with E-state index >= 15 is 0 Å². The molecule has 0 spiro atoms. The number of benzene rings is 1. The largest absolute Gasteiger partial charge is 0.442 e. The van der Waals surface area contributed by atoms with E-state index in [2.05, 4.69) is 5.32 Å². The summed E-state index contributed by atoms with van der Waals surface area (Å²) in [5.74, 6) is 2.13. The molecule has 3 saturated carbocycles. The minimum absolute atomic E-state index is 0.216. The van der Waals surface area contributed by atoms with Gasteiger partial charge in [0.05, 0.1) is 10.0 Å². The van der Waals surface area contributed by atoms with E-state index in [-0.39, 0.29) is 11.7 Å². The number of halogens is 2. The fraction of sp³-hybridized carbons (Fsp3) is 0.588. The fourth-order valence-corrected chi connectivity index (χ4v) is 5.35. The van der Waals surface area contributed by atoms with Crippen LogP contribution < -0.4 is 5.32 Å². The van der Waals surface area contributed by atoms with Gasteiger partial charge < -0.3 is 4.74 Å². The third-order valence-electron chi connectivity index (χ3n) is 5.86. The second-order valence-corrected chi connectivity index (χ2v) is 7.73. The maximum Gasteiger partial charge on any atom is 0.412 e. The zero-order valence-corrected chi connectivity index (χ0v) is 13.8. The number of carbonyl (C=O) groups is 1. The molecule has 4 unspecified atom stereocenters. The number of nitrogens with one attached hydrogen (secondary N) is 1. The van der Waals surface area contributed by atoms with E-state index in [0.29, 0.717) is 21.7 Å². The summed E-state index contributed by atoms with van der Waals surface area (Å²) < 4.78 is 5.95. The van der Waals surface area contributed by atoms with Gasteiger partial charge in [-0.3, -0.25) is 5.32 Å². The van der Waals surface area contributed by atoms with Crippen LogP contribution in [-0.4, -0.2) is 11.7 Å². The molecule has 0 heterocycles. The van der Waals surface area contributed by atoms with E-state index in [4.69, 9.17) is 27.9 Å². The molecule has 0 radical (unpaired) electrons. The van der Waals surface area contributed by atoms with Gasteiger partial charge in [-0.15, -0.1) is 0 Å². The third kappa shape index (κ3) is 2.30. The number of anilines is 1. The molecule has 0 saturated heterocycles. The lowest BCUT2D eigenvalue weighted by Gasteiger charge is -2.35. The molecule has 3 nitrogen and oxygen atoms in total. The minimum Gasteiger partial charge on any atom is -0.442 e. The molecule has 22 heavy (non-hydrogen) atoms. The van der Waals surface area contributed by atoms with E-state index in [1.807, 2.05) is 0 Å². The predicted molar refractivity (Wildman–Crippen MR) is 87.5 cm³/mol. The molecule has 118 valence electrons. The molecule has 3 aliphatic carbocycles. The van der Waals surface area contributed by atoms with Crippen molar-refractivity contribution in [3.63, 3.8) is 0 Å². The molecule has 4 rings (SSSR count). The van der Waals surface area contributed by atoms with Gasteiger partial charge in [0.1, 0.15) is 5.60 Å². The lowest BCUT2D eigenvalue weighted by atomic mass is 9.79. The first-order valence-corrected chi connectivity index (χ1v) is 8.78. The van der Waals surface area contributed by atoms with Crippen molar-refractivity contribution >= 4 is 35.0 Å². The van der Waals surface area contributed by atoms with Gasteiger partial charge in [0.2, 0.25) is 0 Å². The molecule has 5 heteroatoms. The van der Waals surface area contributed by atoms with Crippen LogP contribution in [0.2, 0.25) is 10.0 Å². The second kappa shape index (κ2) is 5.31. The van der Waals surface area contributed by atoms with Crippen molar-refractivity contribution in [3.8, 4) is 0 Å². The summed E-state index contributed by atoms with van der Waals surface area (Å²) in [4.78, 5) is 12.3. The molecule has 1 N–H and O–H groups in total. The Bertz CT molecular complexity index is 621. The molecule has 3 fully saturated rings. The first kappa shape index (κ1) is 14.6. The number of ether oxygens (including phenoxy) is 1. The molecule has 0 aliphatic heterocycles. The first-order chi connectivity index (χ1) is 10.6. The van der Waals surface area contributed by atoms with Gasteiger partial charge in [-0.25, -0.2) is 4.79 Å². The second-order valence-electron chi connectivity index (χ2n) is 6.91. The lowest BCUT2D eigenvalue weighted by molar-refractivity contribution is -0.0183. The summed E-state index contributed by atoms with van der Waals surface area (Å²) in [6.45, 7) is 0. The number of rotatable bonds is 2. The molecule has 2 bridgehead atoms. The summed E-state index contributed by atoms with van der Waals surface area (Å²) in [6.07, 6.45) is 6.72. The minimum atomic E-state index is -0.369. The predicted octanol–water partition coefficient (Wildman–Crippen LogP) is 5.51. The number of fused-ring (bicyclic) bond motifs is 5. The Balaban J connectivity index is 1.46. The van der Waals surface area contributed by atoms with Crippen molar-refractivity contribution in [2.24, 2.45) is 17.8 Å². The van der Waals surface area contributed by atoms with Crippen molar-refractivity contribution in [1.82, 2.24) is 0 Å². The molecule has 0 aromatic heterocycles. The van der Waals surface area contributed by atoms with Crippen LogP contribution in [0.5, 0.6) is 0 Å². The molecule has 3 aliphatic rings. The van der Waals surface area contributed by atoms with Crippen LogP contribution in [0.3, 0.4) is 0 Å². The molecular formula is C17H19Cl2NO2. The Morgan fingerprint density at radius 1 is 1.23 bits per heavy atom. The zero-order valence-electron chi connectivity index (χ0n) is 12.3. The summed E-state index contributed by atoms with van der Waals surface area (Å²) in [5, 5.41) is 3.69. The van der Waals surface area contributed by atoms with E-state index in [1.165, 1.54) is 25.7 Å². The van der Waals surface area contributed by atoms with Crippen molar-refractivity contribution in [1.29, 1.82) is 0 Å². The van der Waals surface area contributed by atoms with E-state index in [0.717, 1.165) is 24.7 Å². The molecule has 1 aromatic carbocycles. The molecular weight excluding hydrogens is 321 g/mol. The third-order valence-corrected chi connectivity index (χ3v) is 6.60. The van der Waals surface area contributed by atoms with E-state index in [9.17, 15) is 4.79 Å². The van der Waals surface area contributed by atoms with Crippen molar-refractivity contribution in [2.45, 2.75) is 44.1 Å². The number of hydrogen-bond donors (Lipinski definition) is 1. The van der Waals surface area contributed by atoms with Crippen LogP contribution in [-0.2, 0) is 4.74 Å². The van der Waals surface area contributed by atoms with Crippen LogP contribution in [0, 0.1) is 17.8 Å². The average Bonchev–Trinajstić information content (AvgIpc) is 3.14. The molecule has 4 atom stereocenters. The highest BCUT2D eigenvalue weighted by Gasteiger charge is 2.61. The number of hydrogen-bond acceptors (Lipinski definition) is 2. The van der Waals surface area contributed by atoms with Crippen LogP contribution in [0.1, 0.15) is 38.5 Å². The van der Waals surface area contributed by atoms with Crippen molar-refractivity contribution < 1.29 is 9.53 Å². The fourth-order valence-electron chi connectivity index (χ4n) is 5.06. The zero-order chi connectivity index (χ0) is 15.3. The maximum atomic E-state index is 12.3. The van der Waals surface area contributed by atoms with Gasteiger partial charge in [0, 0.05) is 11.6 Å². The SMILES string of the molecule is O=C(Nc1ccc(Cl)c(Cl)c1)OC12CCC(C1)C1CCCC12. The Hall–Kier alpha value is -0.930. The molecule has 1 amide bonds. The Morgan fingerprint density at radius 2 is 2.09 bits per heavy atom. The van der Waals surface area contributed by atoms with E-state index < -0.39 is 0 Å². The van der Waals surface area contributed by atoms with Crippen molar-refractivity contribution in [3.05, 3.63) is 28.2 Å². The monoisotopic (exact) mass is 339 g/mol. The summed E-state index contributed by atoms with van der Waals surface area (Å²) >= 11 is 11.9. The summed E-state index contributed by atoms with van der Waals surface area (Å²) in [6, 6.07) is 5.05. The van der Waals surface area contributed by atoms with Crippen LogP contribution in [0.15, 0.2) is 18.2 Å². The Labute approximate surface area is 140 Å². The van der Waals surface area contributed by atoms with Gasteiger partial charge >= 0.3 is 6.09 Å². The smallest absolute Gasteiger partial charge is 0.412 e. The summed E-state index contributed by atoms with van der Waals surface area (Å²) in [7, 11) is 0. The number of carbonyl (C=O) groups excluding carboxylic acids is 1. The Kier molecular flexibility index (Phi) is 3.54. The first-order valence-electron chi connectivity index (χ1n) is 8.02. The highest BCUT2D eigenvalue weighted by molar-refractivity contribution is 6.42. The van der Waals surface area contributed by atoms with Crippen molar-refractivity contribution in [2.75, 3.05) is 5.32 Å². The van der Waals surface area contributed by atoms with Gasteiger partial charge in [-0.05, 0) is 62.1 Å². The quantitative estimate of drug-likeness (QED) is 0.771. The normalized spacial score (nSPS) is 35.5. The van der Waals surface area contributed by atoms with Crippen LogP contribution >= 0.6 is 23.2 Å². The van der Waals surface area contributed by atoms with E-state index in [1.54, 1.807) is 18.2 Å². The summed E-state index contributed by atoms with van der Waals surface area (Å²) in [5.41, 5.74) is 0.401. The standard InChI is InChI=1S/C17H19Cl2NO2/c18-14-5-4-11(8-15(14)19)20-16(21)22-17-7-6-10(9-17)12-2-1-3-13(12)17/h4-5,8,10,12-13H,1-3,6-7,9H2,(H,20,21). The highest BCUT2D eigenvalue weighted by atomic mass is 35.5. The van der Waals surface area contributed by atoms with Crippen LogP contribution in [0.4, 0.5) is 10.5 Å². The topological polar surface area (TPSA) is 38.3 Å². The number of amides is 1. The maximum absolute atomic E-state index is 12.3. The van der Waals surface area contributed by atoms with Crippen LogP contribution in [0.25, 0.3) is 0 Å². The Morgan fingerprint density at radius 3 is 2.91 bits per heavy atom.